The highest BCUT2D eigenvalue weighted by molar-refractivity contribution is 7.17. The fraction of sp³-hybridized carbons (Fsp3) is 0.222. The van der Waals surface area contributed by atoms with Crippen molar-refractivity contribution in [3.63, 3.8) is 0 Å². The van der Waals surface area contributed by atoms with E-state index in [1.165, 1.54) is 21.2 Å². The van der Waals surface area contributed by atoms with Crippen LogP contribution >= 0.6 is 22.9 Å². The molecule has 3 rings (SSSR count). The van der Waals surface area contributed by atoms with Crippen LogP contribution in [0.2, 0.25) is 5.02 Å². The zero-order valence-electron chi connectivity index (χ0n) is 12.0. The Labute approximate surface area is 134 Å². The van der Waals surface area contributed by atoms with E-state index in [0.717, 1.165) is 18.0 Å². The van der Waals surface area contributed by atoms with Crippen LogP contribution in [0.4, 0.5) is 0 Å². The lowest BCUT2D eigenvalue weighted by Gasteiger charge is -2.19. The number of nitrogens with one attached hydrogen (secondary N) is 1. The Morgan fingerprint density at radius 2 is 1.86 bits per heavy atom. The van der Waals surface area contributed by atoms with E-state index in [1.54, 1.807) is 0 Å². The van der Waals surface area contributed by atoms with Crippen LogP contribution in [0.25, 0.3) is 10.1 Å². The van der Waals surface area contributed by atoms with Crippen LogP contribution in [0.5, 0.6) is 0 Å². The highest BCUT2D eigenvalue weighted by Crippen LogP contribution is 2.31. The minimum atomic E-state index is 0.252. The highest BCUT2D eigenvalue weighted by atomic mass is 35.5. The zero-order valence-corrected chi connectivity index (χ0v) is 13.5. The standard InChI is InChI=1S/C18H18ClNS/c1-2-20-17(15-8-3-5-9-16(15)19)11-13-12-21-18-10-6-4-7-14(13)18/h3-10,12,17,20H,2,11H2,1H3. The van der Waals surface area contributed by atoms with E-state index in [0.29, 0.717) is 0 Å². The molecular weight excluding hydrogens is 298 g/mol. The first-order valence-corrected chi connectivity index (χ1v) is 8.48. The number of likely N-dealkylation sites (N-methyl/N-ethyl adjacent to an activating group) is 1. The second-order valence-corrected chi connectivity index (χ2v) is 6.41. The van der Waals surface area contributed by atoms with Gasteiger partial charge in [0.05, 0.1) is 0 Å². The van der Waals surface area contributed by atoms with E-state index < -0.39 is 0 Å². The van der Waals surface area contributed by atoms with Crippen molar-refractivity contribution >= 4 is 33.0 Å². The van der Waals surface area contributed by atoms with Gasteiger partial charge in [-0.2, -0.15) is 0 Å². The number of hydrogen-bond donors (Lipinski definition) is 1. The van der Waals surface area contributed by atoms with Gasteiger partial charge in [-0.25, -0.2) is 0 Å². The van der Waals surface area contributed by atoms with E-state index >= 15 is 0 Å². The molecule has 0 aliphatic heterocycles. The third-order valence-electron chi connectivity index (χ3n) is 3.72. The van der Waals surface area contributed by atoms with Crippen LogP contribution in [0.1, 0.15) is 24.1 Å². The summed E-state index contributed by atoms with van der Waals surface area (Å²) in [5.74, 6) is 0. The number of fused-ring (bicyclic) bond motifs is 1. The average molecular weight is 316 g/mol. The molecule has 1 N–H and O–H groups in total. The van der Waals surface area contributed by atoms with Gasteiger partial charge < -0.3 is 5.32 Å². The van der Waals surface area contributed by atoms with Gasteiger partial charge in [0.1, 0.15) is 0 Å². The van der Waals surface area contributed by atoms with Gasteiger partial charge in [0.25, 0.3) is 0 Å². The van der Waals surface area contributed by atoms with E-state index in [1.807, 2.05) is 23.5 Å². The monoisotopic (exact) mass is 315 g/mol. The summed E-state index contributed by atoms with van der Waals surface area (Å²) >= 11 is 8.19. The second-order valence-electron chi connectivity index (χ2n) is 5.09. The summed E-state index contributed by atoms with van der Waals surface area (Å²) in [7, 11) is 0. The number of rotatable bonds is 5. The van der Waals surface area contributed by atoms with Crippen LogP contribution < -0.4 is 5.32 Å². The minimum absolute atomic E-state index is 0.252. The van der Waals surface area contributed by atoms with Crippen LogP contribution in [0.15, 0.2) is 53.9 Å². The van der Waals surface area contributed by atoms with Crippen molar-refractivity contribution in [1.82, 2.24) is 5.32 Å². The molecule has 0 saturated heterocycles. The second kappa shape index (κ2) is 6.61. The highest BCUT2D eigenvalue weighted by Gasteiger charge is 2.16. The number of hydrogen-bond acceptors (Lipinski definition) is 2. The molecule has 3 heteroatoms. The molecule has 1 aromatic heterocycles. The van der Waals surface area contributed by atoms with E-state index in [9.17, 15) is 0 Å². The predicted octanol–water partition coefficient (Wildman–Crippen LogP) is 5.45. The fourth-order valence-electron chi connectivity index (χ4n) is 2.71. The number of halogens is 1. The zero-order chi connectivity index (χ0) is 14.7. The van der Waals surface area contributed by atoms with Gasteiger partial charge in [-0.3, -0.25) is 0 Å². The molecule has 0 spiro atoms. The molecule has 21 heavy (non-hydrogen) atoms. The van der Waals surface area contributed by atoms with Gasteiger partial charge in [0.2, 0.25) is 0 Å². The smallest absolute Gasteiger partial charge is 0.0453 e. The maximum absolute atomic E-state index is 6.38. The van der Waals surface area contributed by atoms with Crippen molar-refractivity contribution in [2.75, 3.05) is 6.54 Å². The van der Waals surface area contributed by atoms with Crippen molar-refractivity contribution in [1.29, 1.82) is 0 Å². The molecular formula is C18H18ClNS. The molecule has 0 aliphatic carbocycles. The molecule has 1 nitrogen and oxygen atoms in total. The van der Waals surface area contributed by atoms with Gasteiger partial charge in [0.15, 0.2) is 0 Å². The summed E-state index contributed by atoms with van der Waals surface area (Å²) in [4.78, 5) is 0. The normalized spacial score (nSPS) is 12.7. The lowest BCUT2D eigenvalue weighted by atomic mass is 9.98. The summed E-state index contributed by atoms with van der Waals surface area (Å²) in [6.07, 6.45) is 0.960. The molecule has 0 bridgehead atoms. The van der Waals surface area contributed by atoms with Crippen molar-refractivity contribution in [3.8, 4) is 0 Å². The van der Waals surface area contributed by atoms with Crippen molar-refractivity contribution in [2.24, 2.45) is 0 Å². The molecule has 0 fully saturated rings. The average Bonchev–Trinajstić information content (AvgIpc) is 2.91. The summed E-state index contributed by atoms with van der Waals surface area (Å²) in [5.41, 5.74) is 2.57. The fourth-order valence-corrected chi connectivity index (χ4v) is 3.95. The number of benzene rings is 2. The summed E-state index contributed by atoms with van der Waals surface area (Å²) in [6.45, 7) is 3.06. The lowest BCUT2D eigenvalue weighted by Crippen LogP contribution is -2.23. The van der Waals surface area contributed by atoms with Crippen LogP contribution in [0.3, 0.4) is 0 Å². The Kier molecular flexibility index (Phi) is 4.59. The SMILES string of the molecule is CCNC(Cc1csc2ccccc12)c1ccccc1Cl. The number of thiophene rings is 1. The van der Waals surface area contributed by atoms with Gasteiger partial charge in [-0.1, -0.05) is 54.9 Å². The van der Waals surface area contributed by atoms with Crippen LogP contribution in [0, 0.1) is 0 Å². The summed E-state index contributed by atoms with van der Waals surface area (Å²) in [6, 6.07) is 17.0. The van der Waals surface area contributed by atoms with Crippen molar-refractivity contribution < 1.29 is 0 Å². The molecule has 2 aromatic carbocycles. The first-order chi connectivity index (χ1) is 10.3. The lowest BCUT2D eigenvalue weighted by molar-refractivity contribution is 0.552. The van der Waals surface area contributed by atoms with E-state index in [4.69, 9.17) is 11.6 Å². The van der Waals surface area contributed by atoms with Crippen LogP contribution in [-0.4, -0.2) is 6.54 Å². The van der Waals surface area contributed by atoms with Crippen LogP contribution in [-0.2, 0) is 6.42 Å². The van der Waals surface area contributed by atoms with Gasteiger partial charge in [-0.15, -0.1) is 11.3 Å². The van der Waals surface area contributed by atoms with E-state index in [2.05, 4.69) is 54.0 Å². The summed E-state index contributed by atoms with van der Waals surface area (Å²) < 4.78 is 1.35. The minimum Gasteiger partial charge on any atom is -0.310 e. The molecule has 1 unspecified atom stereocenters. The maximum Gasteiger partial charge on any atom is 0.0453 e. The molecule has 108 valence electrons. The van der Waals surface area contributed by atoms with Gasteiger partial charge >= 0.3 is 0 Å². The van der Waals surface area contributed by atoms with Crippen molar-refractivity contribution in [3.05, 3.63) is 70.1 Å². The molecule has 0 amide bonds. The third kappa shape index (κ3) is 3.13. The first-order valence-electron chi connectivity index (χ1n) is 7.22. The van der Waals surface area contributed by atoms with E-state index in [-0.39, 0.29) is 6.04 Å². The Balaban J connectivity index is 1.94. The quantitative estimate of drug-likeness (QED) is 0.660. The topological polar surface area (TPSA) is 12.0 Å². The van der Waals surface area contributed by atoms with Gasteiger partial charge in [0, 0.05) is 15.8 Å². The maximum atomic E-state index is 6.38. The first kappa shape index (κ1) is 14.6. The Hall–Kier alpha value is -1.35. The predicted molar refractivity (Wildman–Crippen MR) is 93.4 cm³/mol. The molecule has 0 saturated carbocycles. The summed E-state index contributed by atoms with van der Waals surface area (Å²) in [5, 5.41) is 8.03. The molecule has 3 aromatic rings. The Morgan fingerprint density at radius 1 is 1.10 bits per heavy atom. The Morgan fingerprint density at radius 3 is 2.67 bits per heavy atom. The Bertz CT molecular complexity index is 735. The largest absolute Gasteiger partial charge is 0.310 e. The molecule has 0 radical (unpaired) electrons. The van der Waals surface area contributed by atoms with Crippen molar-refractivity contribution in [2.45, 2.75) is 19.4 Å². The molecule has 1 heterocycles. The molecule has 0 aliphatic rings. The van der Waals surface area contributed by atoms with Gasteiger partial charge in [-0.05, 0) is 47.0 Å². The third-order valence-corrected chi connectivity index (χ3v) is 5.07. The molecule has 1 atom stereocenters.